The summed E-state index contributed by atoms with van der Waals surface area (Å²) in [7, 11) is 0. The minimum Gasteiger partial charge on any atom is -0.506 e. The van der Waals surface area contributed by atoms with Crippen LogP contribution >= 0.6 is 11.6 Å². The summed E-state index contributed by atoms with van der Waals surface area (Å²) in [5.74, 6) is 0.267. The second-order valence-electron chi connectivity index (χ2n) is 8.75. The largest absolute Gasteiger partial charge is 0.506 e. The highest BCUT2D eigenvalue weighted by Gasteiger charge is 2.22. The smallest absolute Gasteiger partial charge is 0.320 e. The van der Waals surface area contributed by atoms with Crippen molar-refractivity contribution < 1.29 is 9.90 Å². The summed E-state index contributed by atoms with van der Waals surface area (Å²) in [6.45, 7) is 5.78. The van der Waals surface area contributed by atoms with E-state index in [-0.39, 0.29) is 22.8 Å². The summed E-state index contributed by atoms with van der Waals surface area (Å²) in [5, 5.41) is 27.4. The maximum Gasteiger partial charge on any atom is 0.320 e. The predicted octanol–water partition coefficient (Wildman–Crippen LogP) is 5.74. The molecule has 2 amide bonds. The zero-order valence-electron chi connectivity index (χ0n) is 18.1. The molecule has 2 aromatic carbocycles. The molecule has 6 nitrogen and oxygen atoms in total. The molecule has 5 N–H and O–H groups in total. The van der Waals surface area contributed by atoms with Gasteiger partial charge in [-0.15, -0.1) is 0 Å². The van der Waals surface area contributed by atoms with E-state index in [4.69, 9.17) is 17.0 Å². The molecule has 7 heteroatoms. The van der Waals surface area contributed by atoms with E-state index in [1.807, 2.05) is 32.9 Å². The lowest BCUT2D eigenvalue weighted by molar-refractivity contribution is 0.238. The molecule has 3 rings (SSSR count). The van der Waals surface area contributed by atoms with Gasteiger partial charge in [0.1, 0.15) is 11.6 Å². The van der Waals surface area contributed by atoms with Gasteiger partial charge in [-0.05, 0) is 42.5 Å². The second-order valence-corrected chi connectivity index (χ2v) is 9.16. The van der Waals surface area contributed by atoms with Crippen LogP contribution in [-0.4, -0.2) is 16.8 Å². The number of allylic oxidation sites excluding steroid dienone is 1. The quantitative estimate of drug-likeness (QED) is 0.383. The summed E-state index contributed by atoms with van der Waals surface area (Å²) in [6, 6.07) is 12.5. The summed E-state index contributed by atoms with van der Waals surface area (Å²) < 4.78 is 0. The number of hydrogen-bond donors (Lipinski definition) is 5. The van der Waals surface area contributed by atoms with Gasteiger partial charge in [-0.3, -0.25) is 5.32 Å². The van der Waals surface area contributed by atoms with Crippen molar-refractivity contribution in [2.45, 2.75) is 46.1 Å². The van der Waals surface area contributed by atoms with Crippen molar-refractivity contribution in [1.82, 2.24) is 10.6 Å². The van der Waals surface area contributed by atoms with Crippen molar-refractivity contribution in [3.63, 3.8) is 0 Å². The maximum absolute atomic E-state index is 12.8. The fourth-order valence-corrected chi connectivity index (χ4v) is 3.55. The number of urea groups is 1. The Labute approximate surface area is 188 Å². The molecule has 31 heavy (non-hydrogen) atoms. The highest BCUT2D eigenvalue weighted by atomic mass is 35.5. The zero-order chi connectivity index (χ0) is 22.6. The lowest BCUT2D eigenvalue weighted by atomic mass is 9.88. The van der Waals surface area contributed by atoms with E-state index in [1.54, 1.807) is 18.2 Å². The molecule has 1 atom stereocenters. The van der Waals surface area contributed by atoms with Crippen LogP contribution in [0.5, 0.6) is 5.75 Å². The highest BCUT2D eigenvalue weighted by Crippen LogP contribution is 2.30. The van der Waals surface area contributed by atoms with Gasteiger partial charge in [-0.1, -0.05) is 56.6 Å². The lowest BCUT2D eigenvalue weighted by Crippen LogP contribution is -2.40. The Kier molecular flexibility index (Phi) is 6.91. The second kappa shape index (κ2) is 9.43. The number of benzene rings is 2. The number of phenolic OH excluding ortho intramolecular Hbond substituents is 1. The molecule has 0 heterocycles. The molecule has 164 valence electrons. The number of carbonyl (C=O) groups excluding carboxylic acids is 1. The average Bonchev–Trinajstić information content (AvgIpc) is 2.70. The summed E-state index contributed by atoms with van der Waals surface area (Å²) in [5.41, 5.74) is 2.90. The van der Waals surface area contributed by atoms with Gasteiger partial charge in [0.25, 0.3) is 0 Å². The Morgan fingerprint density at radius 2 is 1.97 bits per heavy atom. The Hall–Kier alpha value is -2.99. The van der Waals surface area contributed by atoms with Crippen LogP contribution < -0.4 is 16.0 Å². The molecule has 0 spiro atoms. The number of halogens is 1. The van der Waals surface area contributed by atoms with Crippen molar-refractivity contribution in [2.24, 2.45) is 5.41 Å². The van der Waals surface area contributed by atoms with Crippen LogP contribution in [0, 0.1) is 10.8 Å². The van der Waals surface area contributed by atoms with Gasteiger partial charge < -0.3 is 21.1 Å². The van der Waals surface area contributed by atoms with Gasteiger partial charge in [-0.2, -0.15) is 0 Å². The normalized spacial score (nSPS) is 16.3. The molecule has 1 unspecified atom stereocenters. The third-order valence-corrected chi connectivity index (χ3v) is 5.56. The van der Waals surface area contributed by atoms with Crippen molar-refractivity contribution in [2.75, 3.05) is 5.32 Å². The lowest BCUT2D eigenvalue weighted by Gasteiger charge is -2.27. The summed E-state index contributed by atoms with van der Waals surface area (Å²) in [4.78, 5) is 12.8. The van der Waals surface area contributed by atoms with E-state index >= 15 is 0 Å². The maximum atomic E-state index is 12.8. The van der Waals surface area contributed by atoms with Gasteiger partial charge >= 0.3 is 6.03 Å². The fourth-order valence-electron chi connectivity index (χ4n) is 3.43. The van der Waals surface area contributed by atoms with E-state index in [0.29, 0.717) is 17.2 Å². The molecule has 0 radical (unpaired) electrons. The Balaban J connectivity index is 1.78. The van der Waals surface area contributed by atoms with Gasteiger partial charge in [0.15, 0.2) is 0 Å². The molecule has 0 aliphatic heterocycles. The van der Waals surface area contributed by atoms with Crippen LogP contribution in [0.25, 0.3) is 0 Å². The van der Waals surface area contributed by atoms with Crippen molar-refractivity contribution in [3.8, 4) is 5.75 Å². The van der Waals surface area contributed by atoms with E-state index in [9.17, 15) is 9.90 Å². The fraction of sp³-hybridized carbons (Fsp3) is 0.333. The third kappa shape index (κ3) is 6.01. The summed E-state index contributed by atoms with van der Waals surface area (Å²) >= 11 is 5.89. The molecule has 0 saturated carbocycles. The Morgan fingerprint density at radius 1 is 1.23 bits per heavy atom. The van der Waals surface area contributed by atoms with E-state index in [2.05, 4.69) is 28.1 Å². The first-order valence-corrected chi connectivity index (χ1v) is 10.7. The molecule has 0 bridgehead atoms. The third-order valence-electron chi connectivity index (χ3n) is 5.24. The Morgan fingerprint density at radius 3 is 2.68 bits per heavy atom. The number of fused-ring (bicyclic) bond motifs is 1. The van der Waals surface area contributed by atoms with Crippen LogP contribution in [0.3, 0.4) is 0 Å². The average molecular weight is 441 g/mol. The summed E-state index contributed by atoms with van der Waals surface area (Å²) in [6.07, 6.45) is 4.49. The first-order valence-electron chi connectivity index (χ1n) is 10.3. The number of aryl methyl sites for hydroxylation is 1. The van der Waals surface area contributed by atoms with Gasteiger partial charge in [0, 0.05) is 29.0 Å². The zero-order valence-corrected chi connectivity index (χ0v) is 18.8. The van der Waals surface area contributed by atoms with Gasteiger partial charge in [0.2, 0.25) is 0 Å². The molecule has 1 aliphatic carbocycles. The number of anilines is 1. The molecule has 0 saturated heterocycles. The SMILES string of the molecule is CC(C)(C)C(=N)/C=C(/NC(=O)NC1CCCc2ccccc21)Nc1ccc(Cl)c(O)c1. The number of rotatable bonds is 5. The van der Waals surface area contributed by atoms with Crippen molar-refractivity contribution >= 4 is 29.0 Å². The first-order chi connectivity index (χ1) is 14.6. The van der Waals surface area contributed by atoms with E-state index < -0.39 is 5.41 Å². The first kappa shape index (κ1) is 22.7. The minimum atomic E-state index is -0.393. The molecule has 1 aliphatic rings. The van der Waals surface area contributed by atoms with E-state index in [0.717, 1.165) is 24.8 Å². The number of amides is 2. The van der Waals surface area contributed by atoms with Crippen LogP contribution in [0.15, 0.2) is 54.4 Å². The van der Waals surface area contributed by atoms with Crippen molar-refractivity contribution in [3.05, 3.63) is 70.5 Å². The topological polar surface area (TPSA) is 97.2 Å². The molecular formula is C24H29ClN4O2. The highest BCUT2D eigenvalue weighted by molar-refractivity contribution is 6.32. The molecular weight excluding hydrogens is 412 g/mol. The van der Waals surface area contributed by atoms with Crippen LogP contribution in [0.4, 0.5) is 10.5 Å². The number of carbonyl (C=O) groups is 1. The van der Waals surface area contributed by atoms with E-state index in [1.165, 1.54) is 11.6 Å². The van der Waals surface area contributed by atoms with Gasteiger partial charge in [-0.25, -0.2) is 4.79 Å². The molecule has 0 aromatic heterocycles. The molecule has 2 aromatic rings. The molecule has 0 fully saturated rings. The van der Waals surface area contributed by atoms with Crippen molar-refractivity contribution in [1.29, 1.82) is 5.41 Å². The minimum absolute atomic E-state index is 0.0622. The van der Waals surface area contributed by atoms with Crippen LogP contribution in [0.1, 0.15) is 50.8 Å². The van der Waals surface area contributed by atoms with Crippen LogP contribution in [0.2, 0.25) is 5.02 Å². The monoisotopic (exact) mass is 440 g/mol. The number of aromatic hydroxyl groups is 1. The standard InChI is InChI=1S/C24H29ClN4O2/c1-24(2,3)21(26)14-22(27-16-11-12-18(25)20(30)13-16)29-23(31)28-19-10-6-8-15-7-4-5-9-17(15)19/h4-5,7,9,11-14,19,26-27,30H,6,8,10H2,1-3H3,(H2,28,29,31)/b22-14+,26-21?. The Bertz CT molecular complexity index is 1010. The number of phenols is 1. The predicted molar refractivity (Wildman–Crippen MR) is 126 cm³/mol. The number of hydrogen-bond acceptors (Lipinski definition) is 4. The number of nitrogens with one attached hydrogen (secondary N) is 4. The van der Waals surface area contributed by atoms with Gasteiger partial charge in [0.05, 0.1) is 11.1 Å². The van der Waals surface area contributed by atoms with Crippen LogP contribution in [-0.2, 0) is 6.42 Å².